The summed E-state index contributed by atoms with van der Waals surface area (Å²) in [6.45, 7) is 2.15. The highest BCUT2D eigenvalue weighted by molar-refractivity contribution is 7.55. The molecule has 86 valence electrons. The highest BCUT2D eigenvalue weighted by Crippen LogP contribution is 2.34. The van der Waals surface area contributed by atoms with Crippen LogP contribution in [0.25, 0.3) is 0 Å². The molecule has 0 radical (unpaired) electrons. The van der Waals surface area contributed by atoms with Crippen LogP contribution in [0.2, 0.25) is 0 Å². The predicted molar refractivity (Wildman–Crippen MR) is 55.2 cm³/mol. The van der Waals surface area contributed by atoms with Crippen molar-refractivity contribution in [1.82, 2.24) is 0 Å². The van der Waals surface area contributed by atoms with E-state index in [9.17, 15) is 9.50 Å². The van der Waals surface area contributed by atoms with Crippen LogP contribution in [-0.4, -0.2) is 61.8 Å². The van der Waals surface area contributed by atoms with Crippen molar-refractivity contribution in [2.45, 2.75) is 30.5 Å². The Kier molecular flexibility index (Phi) is 3.38. The standard InChI is InChI=1S/C9H15FO4P/c1-15(2)9-13-4-6-8(14-9)7(11)5(10)3-12-6/h5-9,11H,1,3-4H2,2H3/q+1. The second-order valence-corrected chi connectivity index (χ2v) is 5.81. The quantitative estimate of drug-likeness (QED) is 0.667. The summed E-state index contributed by atoms with van der Waals surface area (Å²) in [4.78, 5) is 0. The van der Waals surface area contributed by atoms with Crippen LogP contribution in [0.5, 0.6) is 0 Å². The van der Waals surface area contributed by atoms with Crippen LogP contribution in [0.1, 0.15) is 0 Å². The first-order chi connectivity index (χ1) is 7.09. The van der Waals surface area contributed by atoms with Crippen molar-refractivity contribution in [3.63, 3.8) is 0 Å². The minimum atomic E-state index is -1.38. The van der Waals surface area contributed by atoms with E-state index in [0.29, 0.717) is 6.61 Å². The predicted octanol–water partition coefficient (Wildman–Crippen LogP) is 0.327. The molecule has 0 aliphatic carbocycles. The van der Waals surface area contributed by atoms with Gasteiger partial charge in [-0.1, -0.05) is 0 Å². The molecule has 0 saturated carbocycles. The van der Waals surface area contributed by atoms with Gasteiger partial charge in [0.25, 0.3) is 0 Å². The molecule has 1 N–H and O–H groups in total. The van der Waals surface area contributed by atoms with Gasteiger partial charge in [-0.3, -0.25) is 0 Å². The van der Waals surface area contributed by atoms with Gasteiger partial charge in [-0.25, -0.2) is 4.39 Å². The summed E-state index contributed by atoms with van der Waals surface area (Å²) in [6.07, 6.45) is 0.357. The van der Waals surface area contributed by atoms with Gasteiger partial charge in [-0.05, 0) is 0 Å². The Hall–Kier alpha value is -0.0600. The lowest BCUT2D eigenvalue weighted by molar-refractivity contribution is -0.279. The molecule has 2 aliphatic heterocycles. The summed E-state index contributed by atoms with van der Waals surface area (Å²) in [5, 5.41) is 9.62. The van der Waals surface area contributed by atoms with Crippen LogP contribution in [0, 0.1) is 0 Å². The second-order valence-electron chi connectivity index (χ2n) is 3.88. The Morgan fingerprint density at radius 3 is 2.80 bits per heavy atom. The average molecular weight is 237 g/mol. The maximum absolute atomic E-state index is 13.2. The van der Waals surface area contributed by atoms with Gasteiger partial charge in [0.05, 0.1) is 19.5 Å². The molecule has 0 bridgehead atoms. The highest BCUT2D eigenvalue weighted by atomic mass is 31.1. The molecule has 6 unspecified atom stereocenters. The average Bonchev–Trinajstić information content (AvgIpc) is 2.23. The van der Waals surface area contributed by atoms with E-state index in [1.807, 2.05) is 6.66 Å². The number of fused-ring (bicyclic) bond motifs is 1. The van der Waals surface area contributed by atoms with E-state index in [0.717, 1.165) is 0 Å². The third kappa shape index (κ3) is 2.22. The summed E-state index contributed by atoms with van der Waals surface area (Å²) in [7, 11) is -0.668. The molecule has 2 saturated heterocycles. The van der Waals surface area contributed by atoms with E-state index in [1.54, 1.807) is 0 Å². The molecule has 4 nitrogen and oxygen atoms in total. The van der Waals surface area contributed by atoms with Crippen LogP contribution in [0.15, 0.2) is 0 Å². The highest BCUT2D eigenvalue weighted by Gasteiger charge is 2.47. The maximum Gasteiger partial charge on any atom is 0.324 e. The van der Waals surface area contributed by atoms with Crippen molar-refractivity contribution in [3.05, 3.63) is 0 Å². The number of aliphatic hydroxyl groups excluding tert-OH is 1. The van der Waals surface area contributed by atoms with Gasteiger partial charge in [0.15, 0.2) is 6.17 Å². The lowest BCUT2D eigenvalue weighted by atomic mass is 10.0. The SMILES string of the molecule is C=[P+](C)C1OCC2OCC(F)C(O)C2O1. The first kappa shape index (κ1) is 11.4. The van der Waals surface area contributed by atoms with E-state index in [-0.39, 0.29) is 12.7 Å². The van der Waals surface area contributed by atoms with E-state index < -0.39 is 32.0 Å². The Bertz CT molecular complexity index is 260. The van der Waals surface area contributed by atoms with Gasteiger partial charge >= 0.3 is 6.03 Å². The van der Waals surface area contributed by atoms with Gasteiger partial charge in [-0.2, -0.15) is 0 Å². The van der Waals surface area contributed by atoms with Crippen LogP contribution >= 0.6 is 7.55 Å². The number of ether oxygens (including phenoxy) is 3. The summed E-state index contributed by atoms with van der Waals surface area (Å²) < 4.78 is 29.2. The van der Waals surface area contributed by atoms with Crippen LogP contribution < -0.4 is 0 Å². The number of hydrogen-bond donors (Lipinski definition) is 1. The third-order valence-corrected chi connectivity index (χ3v) is 3.57. The fourth-order valence-corrected chi connectivity index (χ4v) is 2.42. The zero-order chi connectivity index (χ0) is 11.0. The van der Waals surface area contributed by atoms with Crippen LogP contribution in [0.3, 0.4) is 0 Å². The van der Waals surface area contributed by atoms with E-state index in [1.165, 1.54) is 0 Å². The Morgan fingerprint density at radius 1 is 1.40 bits per heavy atom. The van der Waals surface area contributed by atoms with Crippen LogP contribution in [-0.2, 0) is 14.2 Å². The third-order valence-electron chi connectivity index (χ3n) is 2.58. The second kappa shape index (κ2) is 4.44. The van der Waals surface area contributed by atoms with Crippen molar-refractivity contribution in [2.24, 2.45) is 0 Å². The normalized spacial score (nSPS) is 47.1. The first-order valence-corrected chi connectivity index (χ1v) is 6.88. The lowest BCUT2D eigenvalue weighted by Gasteiger charge is -2.40. The maximum atomic E-state index is 13.2. The smallest absolute Gasteiger partial charge is 0.324 e. The molecular formula is C9H15FO4P+. The number of aliphatic hydroxyl groups is 1. The monoisotopic (exact) mass is 237 g/mol. The number of alkyl halides is 1. The molecule has 0 aromatic carbocycles. The Morgan fingerprint density at radius 2 is 2.13 bits per heavy atom. The van der Waals surface area contributed by atoms with Gasteiger partial charge in [0.1, 0.15) is 32.5 Å². The van der Waals surface area contributed by atoms with Crippen molar-refractivity contribution in [3.8, 4) is 0 Å². The molecule has 2 rings (SSSR count). The summed E-state index contributed by atoms with van der Waals surface area (Å²) >= 11 is 0. The minimum absolute atomic E-state index is 0.0923. The lowest BCUT2D eigenvalue weighted by Crippen LogP contribution is -2.58. The fraction of sp³-hybridized carbons (Fsp3) is 0.889. The fourth-order valence-electron chi connectivity index (χ4n) is 1.73. The minimum Gasteiger partial charge on any atom is -0.387 e. The molecule has 2 heterocycles. The number of halogens is 1. The van der Waals surface area contributed by atoms with Crippen molar-refractivity contribution < 1.29 is 23.7 Å². The van der Waals surface area contributed by atoms with Crippen molar-refractivity contribution in [2.75, 3.05) is 19.9 Å². The van der Waals surface area contributed by atoms with Crippen LogP contribution in [0.4, 0.5) is 4.39 Å². The summed E-state index contributed by atoms with van der Waals surface area (Å²) in [5.74, 6) is 0. The molecule has 6 heteroatoms. The first-order valence-electron chi connectivity index (χ1n) is 4.83. The molecule has 0 spiro atoms. The van der Waals surface area contributed by atoms with E-state index >= 15 is 0 Å². The zero-order valence-electron chi connectivity index (χ0n) is 8.51. The molecule has 2 fully saturated rings. The van der Waals surface area contributed by atoms with Gasteiger partial charge in [-0.15, -0.1) is 0 Å². The Labute approximate surface area is 88.7 Å². The largest absolute Gasteiger partial charge is 0.387 e. The molecule has 6 atom stereocenters. The van der Waals surface area contributed by atoms with E-state index in [4.69, 9.17) is 14.2 Å². The van der Waals surface area contributed by atoms with Crippen molar-refractivity contribution >= 4 is 13.8 Å². The number of hydrogen-bond acceptors (Lipinski definition) is 4. The van der Waals surface area contributed by atoms with Gasteiger partial charge in [0, 0.05) is 0 Å². The topological polar surface area (TPSA) is 47.9 Å². The van der Waals surface area contributed by atoms with Crippen molar-refractivity contribution in [1.29, 1.82) is 0 Å². The van der Waals surface area contributed by atoms with E-state index in [2.05, 4.69) is 6.30 Å². The molecule has 15 heavy (non-hydrogen) atoms. The van der Waals surface area contributed by atoms with Gasteiger partial charge in [0.2, 0.25) is 0 Å². The number of rotatable bonds is 1. The molecule has 0 aromatic rings. The summed E-state index contributed by atoms with van der Waals surface area (Å²) in [6, 6.07) is -0.426. The molecule has 0 aromatic heterocycles. The molecule has 2 aliphatic rings. The summed E-state index contributed by atoms with van der Waals surface area (Å²) in [5.41, 5.74) is 0. The van der Waals surface area contributed by atoms with Gasteiger partial charge < -0.3 is 19.3 Å². The molecule has 0 amide bonds. The molecular weight excluding hydrogens is 222 g/mol. The Balaban J connectivity index is 2.05. The zero-order valence-corrected chi connectivity index (χ0v) is 9.40.